The van der Waals surface area contributed by atoms with Gasteiger partial charge in [0, 0.05) is 11.0 Å². The van der Waals surface area contributed by atoms with Gasteiger partial charge in [0.2, 0.25) is 6.79 Å². The number of carboxylic acid groups (broad SMARTS) is 1. The summed E-state index contributed by atoms with van der Waals surface area (Å²) >= 11 is 0. The molecule has 4 nitrogen and oxygen atoms in total. The van der Waals surface area contributed by atoms with Crippen molar-refractivity contribution in [2.75, 3.05) is 6.79 Å². The molecule has 1 aromatic carbocycles. The van der Waals surface area contributed by atoms with Crippen molar-refractivity contribution < 1.29 is 19.4 Å². The van der Waals surface area contributed by atoms with E-state index in [2.05, 4.69) is 0 Å². The maximum Gasteiger partial charge on any atom is 0.304 e. The Kier molecular flexibility index (Phi) is 2.73. The van der Waals surface area contributed by atoms with E-state index in [9.17, 15) is 4.79 Å². The Labute approximate surface area is 100 Å². The van der Waals surface area contributed by atoms with Crippen LogP contribution in [0.15, 0.2) is 12.1 Å². The quantitative estimate of drug-likeness (QED) is 0.875. The van der Waals surface area contributed by atoms with Gasteiger partial charge in [0.05, 0.1) is 6.42 Å². The van der Waals surface area contributed by atoms with Crippen LogP contribution in [0.25, 0.3) is 0 Å². The zero-order valence-electron chi connectivity index (χ0n) is 10.2. The predicted octanol–water partition coefficient (Wildman–Crippen LogP) is 2.48. The molecule has 0 saturated carbocycles. The Bertz CT molecular complexity index is 463. The molecule has 0 radical (unpaired) electrons. The van der Waals surface area contributed by atoms with Gasteiger partial charge in [-0.1, -0.05) is 19.9 Å². The summed E-state index contributed by atoms with van der Waals surface area (Å²) in [5, 5.41) is 8.98. The molecule has 0 saturated heterocycles. The highest BCUT2D eigenvalue weighted by molar-refractivity contribution is 5.70. The van der Waals surface area contributed by atoms with Crippen molar-refractivity contribution in [1.29, 1.82) is 0 Å². The minimum absolute atomic E-state index is 0.0631. The minimum atomic E-state index is -0.814. The molecule has 0 amide bonds. The Morgan fingerprint density at radius 3 is 2.76 bits per heavy atom. The smallest absolute Gasteiger partial charge is 0.304 e. The van der Waals surface area contributed by atoms with Crippen molar-refractivity contribution in [3.63, 3.8) is 0 Å². The number of aliphatic carboxylic acids is 1. The van der Waals surface area contributed by atoms with Gasteiger partial charge in [-0.25, -0.2) is 0 Å². The van der Waals surface area contributed by atoms with Crippen molar-refractivity contribution in [3.05, 3.63) is 23.3 Å². The predicted molar refractivity (Wildman–Crippen MR) is 62.6 cm³/mol. The number of carboxylic acids is 1. The third kappa shape index (κ3) is 2.07. The summed E-state index contributed by atoms with van der Waals surface area (Å²) in [5.74, 6) is 0.575. The maximum atomic E-state index is 10.9. The van der Waals surface area contributed by atoms with E-state index in [1.54, 1.807) is 0 Å². The Hall–Kier alpha value is -1.71. The van der Waals surface area contributed by atoms with Crippen molar-refractivity contribution >= 4 is 5.97 Å². The summed E-state index contributed by atoms with van der Waals surface area (Å²) in [6.45, 7) is 5.98. The van der Waals surface area contributed by atoms with E-state index in [1.807, 2.05) is 32.9 Å². The number of fused-ring (bicyclic) bond motifs is 1. The third-order valence-corrected chi connectivity index (χ3v) is 3.02. The molecule has 0 spiro atoms. The fourth-order valence-corrected chi connectivity index (χ4v) is 2.38. The fraction of sp³-hybridized carbons (Fsp3) is 0.462. The molecular formula is C13H16O4. The lowest BCUT2D eigenvalue weighted by Crippen LogP contribution is -2.23. The standard InChI is InChI=1S/C13H16O4/c1-8-4-5-9-12(17-7-16-9)11(8)13(2,3)6-10(14)15/h4-5H,6-7H2,1-3H3,(H,14,15). The average Bonchev–Trinajstić information content (AvgIpc) is 2.61. The summed E-state index contributed by atoms with van der Waals surface area (Å²) < 4.78 is 10.8. The van der Waals surface area contributed by atoms with Crippen LogP contribution in [0.3, 0.4) is 0 Å². The van der Waals surface area contributed by atoms with Crippen LogP contribution >= 0.6 is 0 Å². The van der Waals surface area contributed by atoms with Crippen molar-refractivity contribution in [2.24, 2.45) is 0 Å². The molecule has 1 aliphatic heterocycles. The first-order valence-electron chi connectivity index (χ1n) is 5.53. The second kappa shape index (κ2) is 3.95. The zero-order chi connectivity index (χ0) is 12.6. The third-order valence-electron chi connectivity index (χ3n) is 3.02. The van der Waals surface area contributed by atoms with Crippen LogP contribution in [0.2, 0.25) is 0 Å². The lowest BCUT2D eigenvalue weighted by atomic mass is 9.78. The van der Waals surface area contributed by atoms with Gasteiger partial charge in [0.25, 0.3) is 0 Å². The molecule has 0 fully saturated rings. The molecule has 1 N–H and O–H groups in total. The van der Waals surface area contributed by atoms with Gasteiger partial charge < -0.3 is 14.6 Å². The summed E-state index contributed by atoms with van der Waals surface area (Å²) in [6.07, 6.45) is 0.0631. The monoisotopic (exact) mass is 236 g/mol. The maximum absolute atomic E-state index is 10.9. The Balaban J connectivity index is 2.51. The molecular weight excluding hydrogens is 220 g/mol. The molecule has 0 bridgehead atoms. The molecule has 2 rings (SSSR count). The zero-order valence-corrected chi connectivity index (χ0v) is 10.2. The fourth-order valence-electron chi connectivity index (χ4n) is 2.38. The van der Waals surface area contributed by atoms with Gasteiger partial charge >= 0.3 is 5.97 Å². The number of hydrogen-bond acceptors (Lipinski definition) is 3. The number of ether oxygens (including phenoxy) is 2. The highest BCUT2D eigenvalue weighted by Gasteiger charge is 2.32. The highest BCUT2D eigenvalue weighted by Crippen LogP contribution is 2.44. The lowest BCUT2D eigenvalue weighted by Gasteiger charge is -2.26. The summed E-state index contributed by atoms with van der Waals surface area (Å²) in [4.78, 5) is 10.9. The van der Waals surface area contributed by atoms with E-state index in [-0.39, 0.29) is 13.2 Å². The SMILES string of the molecule is Cc1ccc2c(c1C(C)(C)CC(=O)O)OCO2. The van der Waals surface area contributed by atoms with Crippen LogP contribution in [0.1, 0.15) is 31.4 Å². The first kappa shape index (κ1) is 11.8. The molecule has 1 aliphatic rings. The largest absolute Gasteiger partial charge is 0.481 e. The van der Waals surface area contributed by atoms with Crippen LogP contribution in [0.4, 0.5) is 0 Å². The average molecular weight is 236 g/mol. The molecule has 1 aromatic rings. The van der Waals surface area contributed by atoms with Gasteiger partial charge in [0.15, 0.2) is 11.5 Å². The molecule has 92 valence electrons. The molecule has 0 aromatic heterocycles. The van der Waals surface area contributed by atoms with Crippen LogP contribution < -0.4 is 9.47 Å². The minimum Gasteiger partial charge on any atom is -0.481 e. The first-order valence-corrected chi connectivity index (χ1v) is 5.53. The molecule has 0 atom stereocenters. The number of aryl methyl sites for hydroxylation is 1. The Morgan fingerprint density at radius 1 is 1.41 bits per heavy atom. The van der Waals surface area contributed by atoms with Crippen molar-refractivity contribution in [1.82, 2.24) is 0 Å². The number of hydrogen-bond donors (Lipinski definition) is 1. The van der Waals surface area contributed by atoms with E-state index >= 15 is 0 Å². The first-order chi connectivity index (χ1) is 7.92. The highest BCUT2D eigenvalue weighted by atomic mass is 16.7. The summed E-state index contributed by atoms with van der Waals surface area (Å²) in [6, 6.07) is 3.80. The van der Waals surface area contributed by atoms with Gasteiger partial charge in [-0.2, -0.15) is 0 Å². The van der Waals surface area contributed by atoms with Gasteiger partial charge in [-0.05, 0) is 18.6 Å². The van der Waals surface area contributed by atoms with E-state index in [1.165, 1.54) is 0 Å². The molecule has 0 aliphatic carbocycles. The van der Waals surface area contributed by atoms with E-state index < -0.39 is 11.4 Å². The summed E-state index contributed by atoms with van der Waals surface area (Å²) in [7, 11) is 0. The van der Waals surface area contributed by atoms with E-state index in [0.29, 0.717) is 11.5 Å². The summed E-state index contributed by atoms with van der Waals surface area (Å²) in [5.41, 5.74) is 1.48. The van der Waals surface area contributed by atoms with Crippen molar-refractivity contribution in [2.45, 2.75) is 32.6 Å². The van der Waals surface area contributed by atoms with Gasteiger partial charge in [-0.3, -0.25) is 4.79 Å². The van der Waals surface area contributed by atoms with Crippen LogP contribution in [-0.4, -0.2) is 17.9 Å². The topological polar surface area (TPSA) is 55.8 Å². The van der Waals surface area contributed by atoms with E-state index in [4.69, 9.17) is 14.6 Å². The van der Waals surface area contributed by atoms with Gasteiger partial charge in [0.1, 0.15) is 0 Å². The second-order valence-corrected chi connectivity index (χ2v) is 4.95. The van der Waals surface area contributed by atoms with Crippen LogP contribution in [0.5, 0.6) is 11.5 Å². The molecule has 0 unspecified atom stereocenters. The van der Waals surface area contributed by atoms with Gasteiger partial charge in [-0.15, -0.1) is 0 Å². The number of rotatable bonds is 3. The number of carbonyl (C=O) groups is 1. The number of benzene rings is 1. The Morgan fingerprint density at radius 2 is 2.12 bits per heavy atom. The molecule has 1 heterocycles. The van der Waals surface area contributed by atoms with E-state index in [0.717, 1.165) is 11.1 Å². The van der Waals surface area contributed by atoms with Crippen LogP contribution in [0, 0.1) is 6.92 Å². The normalized spacial score (nSPS) is 13.8. The lowest BCUT2D eigenvalue weighted by molar-refractivity contribution is -0.138. The van der Waals surface area contributed by atoms with Crippen LogP contribution in [-0.2, 0) is 10.2 Å². The van der Waals surface area contributed by atoms with Crippen molar-refractivity contribution in [3.8, 4) is 11.5 Å². The molecule has 17 heavy (non-hydrogen) atoms. The molecule has 4 heteroatoms. The second-order valence-electron chi connectivity index (χ2n) is 4.95.